The number of amidine groups is 1. The van der Waals surface area contributed by atoms with E-state index in [1.807, 2.05) is 18.2 Å². The van der Waals surface area contributed by atoms with E-state index in [2.05, 4.69) is 40.3 Å². The van der Waals surface area contributed by atoms with Crippen LogP contribution in [0.5, 0.6) is 0 Å². The van der Waals surface area contributed by atoms with E-state index in [4.69, 9.17) is 10.2 Å². The molecule has 1 aliphatic rings. The number of nitrogens with one attached hydrogen (secondary N) is 1. The Morgan fingerprint density at radius 1 is 1.28 bits per heavy atom. The van der Waals surface area contributed by atoms with Gasteiger partial charge in [-0.25, -0.2) is 4.99 Å². The van der Waals surface area contributed by atoms with Crippen LogP contribution in [0.15, 0.2) is 52.2 Å². The average Bonchev–Trinajstić information content (AvgIpc) is 3.25. The van der Waals surface area contributed by atoms with Crippen molar-refractivity contribution in [2.75, 3.05) is 20.1 Å². The molecular formula is C19H23ClN4O. The molecule has 0 saturated carbocycles. The lowest BCUT2D eigenvalue weighted by atomic mass is 9.89. The Labute approximate surface area is 153 Å². The number of likely N-dealkylation sites (tertiary alicyclic amines) is 1. The van der Waals surface area contributed by atoms with Crippen molar-refractivity contribution >= 4 is 34.8 Å². The Balaban J connectivity index is 0.00000182. The van der Waals surface area contributed by atoms with Crippen molar-refractivity contribution in [2.24, 2.45) is 10.7 Å². The molecule has 0 aliphatic carbocycles. The van der Waals surface area contributed by atoms with Gasteiger partial charge in [0.25, 0.3) is 0 Å². The SMILES string of the molecule is CN1CCC(c2c[nH]c3ccc(N=C(N)c4ccco4)cc23)CC1.Cl. The summed E-state index contributed by atoms with van der Waals surface area (Å²) >= 11 is 0. The molecule has 3 N–H and O–H groups in total. The lowest BCUT2D eigenvalue weighted by Gasteiger charge is -2.28. The monoisotopic (exact) mass is 358 g/mol. The van der Waals surface area contributed by atoms with Crippen LogP contribution in [0, 0.1) is 0 Å². The van der Waals surface area contributed by atoms with Gasteiger partial charge >= 0.3 is 0 Å². The first-order chi connectivity index (χ1) is 11.7. The summed E-state index contributed by atoms with van der Waals surface area (Å²) in [5.41, 5.74) is 9.43. The minimum absolute atomic E-state index is 0. The molecule has 3 heterocycles. The largest absolute Gasteiger partial charge is 0.461 e. The minimum atomic E-state index is 0. The molecule has 5 nitrogen and oxygen atoms in total. The number of nitrogens with zero attached hydrogens (tertiary/aromatic N) is 2. The van der Waals surface area contributed by atoms with Crippen LogP contribution in [0.2, 0.25) is 0 Å². The quantitative estimate of drug-likeness (QED) is 0.548. The van der Waals surface area contributed by atoms with Crippen LogP contribution in [0.4, 0.5) is 5.69 Å². The second-order valence-electron chi connectivity index (χ2n) is 6.53. The fourth-order valence-electron chi connectivity index (χ4n) is 3.48. The molecule has 0 unspecified atom stereocenters. The number of aromatic nitrogens is 1. The smallest absolute Gasteiger partial charge is 0.168 e. The topological polar surface area (TPSA) is 70.5 Å². The molecule has 1 saturated heterocycles. The van der Waals surface area contributed by atoms with Gasteiger partial charge in [0.2, 0.25) is 0 Å². The van der Waals surface area contributed by atoms with Crippen LogP contribution in [0.25, 0.3) is 10.9 Å². The van der Waals surface area contributed by atoms with Gasteiger partial charge in [0.05, 0.1) is 12.0 Å². The highest BCUT2D eigenvalue weighted by Gasteiger charge is 2.21. The summed E-state index contributed by atoms with van der Waals surface area (Å²) in [6.07, 6.45) is 6.16. The van der Waals surface area contributed by atoms with Crippen LogP contribution >= 0.6 is 12.4 Å². The zero-order chi connectivity index (χ0) is 16.5. The summed E-state index contributed by atoms with van der Waals surface area (Å²) in [6, 6.07) is 9.80. The maximum Gasteiger partial charge on any atom is 0.168 e. The molecule has 0 atom stereocenters. The van der Waals surface area contributed by atoms with Gasteiger partial charge in [-0.2, -0.15) is 0 Å². The fraction of sp³-hybridized carbons (Fsp3) is 0.316. The van der Waals surface area contributed by atoms with Gasteiger partial charge in [0, 0.05) is 17.1 Å². The number of fused-ring (bicyclic) bond motifs is 1. The molecule has 3 aromatic rings. The molecular weight excluding hydrogens is 336 g/mol. The predicted molar refractivity (Wildman–Crippen MR) is 104 cm³/mol. The molecule has 1 fully saturated rings. The molecule has 132 valence electrons. The number of nitrogens with two attached hydrogens (primary N) is 1. The summed E-state index contributed by atoms with van der Waals surface area (Å²) in [4.78, 5) is 10.3. The molecule has 0 spiro atoms. The Bertz CT molecular complexity index is 861. The predicted octanol–water partition coefficient (Wildman–Crippen LogP) is 4.03. The van der Waals surface area contributed by atoms with E-state index in [9.17, 15) is 0 Å². The summed E-state index contributed by atoms with van der Waals surface area (Å²) in [6.45, 7) is 2.31. The number of piperidine rings is 1. The van der Waals surface area contributed by atoms with E-state index in [1.165, 1.54) is 23.8 Å². The maximum atomic E-state index is 6.03. The van der Waals surface area contributed by atoms with E-state index in [1.54, 1.807) is 6.26 Å². The molecule has 25 heavy (non-hydrogen) atoms. The molecule has 0 bridgehead atoms. The highest BCUT2D eigenvalue weighted by atomic mass is 35.5. The van der Waals surface area contributed by atoms with Gasteiger partial charge in [-0.05, 0) is 74.8 Å². The number of benzene rings is 1. The number of halogens is 1. The van der Waals surface area contributed by atoms with Crippen molar-refractivity contribution in [3.8, 4) is 0 Å². The lowest BCUT2D eigenvalue weighted by Crippen LogP contribution is -2.29. The standard InChI is InChI=1S/C19H22N4O.ClH/c1-23-8-6-13(7-9-23)16-12-21-17-5-4-14(11-15(16)17)22-19(20)18-3-2-10-24-18;/h2-5,10-13,21H,6-9H2,1H3,(H2,20,22);1H. The van der Waals surface area contributed by atoms with E-state index in [0.717, 1.165) is 24.3 Å². The van der Waals surface area contributed by atoms with Gasteiger partial charge in [-0.1, -0.05) is 0 Å². The van der Waals surface area contributed by atoms with Gasteiger partial charge in [0.1, 0.15) is 0 Å². The third kappa shape index (κ3) is 3.57. The van der Waals surface area contributed by atoms with Crippen molar-refractivity contribution in [1.29, 1.82) is 0 Å². The van der Waals surface area contributed by atoms with Gasteiger partial charge in [-0.3, -0.25) is 0 Å². The summed E-state index contributed by atoms with van der Waals surface area (Å²) in [7, 11) is 2.19. The summed E-state index contributed by atoms with van der Waals surface area (Å²) in [5, 5.41) is 1.25. The van der Waals surface area contributed by atoms with Crippen molar-refractivity contribution in [3.63, 3.8) is 0 Å². The Morgan fingerprint density at radius 3 is 2.80 bits per heavy atom. The van der Waals surface area contributed by atoms with Crippen molar-refractivity contribution in [2.45, 2.75) is 18.8 Å². The number of H-pyrrole nitrogens is 1. The third-order valence-electron chi connectivity index (χ3n) is 4.88. The number of aromatic amines is 1. The number of furan rings is 1. The first-order valence-electron chi connectivity index (χ1n) is 8.38. The lowest BCUT2D eigenvalue weighted by molar-refractivity contribution is 0.256. The third-order valence-corrected chi connectivity index (χ3v) is 4.88. The van der Waals surface area contributed by atoms with E-state index < -0.39 is 0 Å². The van der Waals surface area contributed by atoms with Crippen molar-refractivity contribution in [1.82, 2.24) is 9.88 Å². The number of hydrogen-bond acceptors (Lipinski definition) is 3. The molecule has 6 heteroatoms. The van der Waals surface area contributed by atoms with Crippen LogP contribution in [0.3, 0.4) is 0 Å². The summed E-state index contributed by atoms with van der Waals surface area (Å²) in [5.74, 6) is 1.60. The van der Waals surface area contributed by atoms with Gasteiger partial charge < -0.3 is 20.0 Å². The zero-order valence-corrected chi connectivity index (χ0v) is 15.1. The van der Waals surface area contributed by atoms with Crippen LogP contribution in [0.1, 0.15) is 30.1 Å². The normalized spacial score (nSPS) is 16.9. The van der Waals surface area contributed by atoms with E-state index in [0.29, 0.717) is 17.5 Å². The number of rotatable bonds is 3. The molecule has 2 aromatic heterocycles. The molecule has 0 radical (unpaired) electrons. The van der Waals surface area contributed by atoms with Gasteiger partial charge in [-0.15, -0.1) is 12.4 Å². The van der Waals surface area contributed by atoms with E-state index >= 15 is 0 Å². The highest BCUT2D eigenvalue weighted by Crippen LogP contribution is 2.34. The first kappa shape index (κ1) is 17.6. The maximum absolute atomic E-state index is 6.03. The van der Waals surface area contributed by atoms with Crippen LogP contribution < -0.4 is 5.73 Å². The van der Waals surface area contributed by atoms with Crippen LogP contribution in [-0.2, 0) is 0 Å². The molecule has 1 aromatic carbocycles. The average molecular weight is 359 g/mol. The van der Waals surface area contributed by atoms with Crippen molar-refractivity contribution in [3.05, 3.63) is 54.1 Å². The molecule has 0 amide bonds. The zero-order valence-electron chi connectivity index (χ0n) is 14.2. The molecule has 1 aliphatic heterocycles. The van der Waals surface area contributed by atoms with Crippen LogP contribution in [-0.4, -0.2) is 35.9 Å². The highest BCUT2D eigenvalue weighted by molar-refractivity contribution is 5.97. The number of aliphatic imine (C=N–C) groups is 1. The minimum Gasteiger partial charge on any atom is -0.461 e. The second kappa shape index (κ2) is 7.33. The Morgan fingerprint density at radius 2 is 2.08 bits per heavy atom. The van der Waals surface area contributed by atoms with E-state index in [-0.39, 0.29) is 12.4 Å². The van der Waals surface area contributed by atoms with Gasteiger partial charge in [0.15, 0.2) is 11.6 Å². The Hall–Kier alpha value is -2.24. The fourth-order valence-corrected chi connectivity index (χ4v) is 3.48. The number of hydrogen-bond donors (Lipinski definition) is 2. The Kier molecular flexibility index (Phi) is 5.16. The summed E-state index contributed by atoms with van der Waals surface area (Å²) < 4.78 is 5.30. The molecule has 4 rings (SSSR count). The second-order valence-corrected chi connectivity index (χ2v) is 6.53. The van der Waals surface area contributed by atoms with Crippen molar-refractivity contribution < 1.29 is 4.42 Å². The first-order valence-corrected chi connectivity index (χ1v) is 8.38.